The van der Waals surface area contributed by atoms with Crippen molar-refractivity contribution in [2.75, 3.05) is 6.61 Å². The number of carboxylic acid groups (broad SMARTS) is 1. The van der Waals surface area contributed by atoms with Crippen LogP contribution in [0, 0.1) is 6.42 Å². The monoisotopic (exact) mass is 215 g/mol. The largest absolute Gasteiger partial charge is 0.479 e. The van der Waals surface area contributed by atoms with E-state index >= 15 is 0 Å². The third-order valence-electron chi connectivity index (χ3n) is 1.54. The fourth-order valence-corrected chi connectivity index (χ4v) is 1.08. The Labute approximate surface area is 85.8 Å². The highest BCUT2D eigenvalue weighted by Crippen LogP contribution is 2.24. The molecule has 0 aliphatic heterocycles. The number of halogens is 1. The van der Waals surface area contributed by atoms with Gasteiger partial charge >= 0.3 is 11.9 Å². The number of carboxylic acids is 1. The number of carbonyl (C=O) groups excluding carboxylic acids is 1. The molecule has 0 aromatic rings. The minimum atomic E-state index is -1.37. The van der Waals surface area contributed by atoms with E-state index in [1.165, 1.54) is 12.2 Å². The number of ether oxygens (including phenoxy) is 1. The third-order valence-corrected chi connectivity index (χ3v) is 1.95. The van der Waals surface area contributed by atoms with E-state index in [9.17, 15) is 9.59 Å². The Hall–Kier alpha value is -1.29. The summed E-state index contributed by atoms with van der Waals surface area (Å²) in [7, 11) is 0. The molecule has 0 saturated carbocycles. The number of rotatable bonds is 3. The maximum atomic E-state index is 11.3. The number of allylic oxidation sites excluding steroid dienone is 2. The van der Waals surface area contributed by atoms with Crippen molar-refractivity contribution in [2.45, 2.75) is 4.87 Å². The highest BCUT2D eigenvalue weighted by atomic mass is 35.5. The lowest BCUT2D eigenvalue weighted by molar-refractivity contribution is -0.155. The van der Waals surface area contributed by atoms with Gasteiger partial charge in [0.15, 0.2) is 11.5 Å². The Balaban J connectivity index is 2.59. The first kappa shape index (κ1) is 10.8. The molecule has 0 amide bonds. The number of hydrogen-bond acceptors (Lipinski definition) is 3. The molecule has 0 saturated heterocycles. The van der Waals surface area contributed by atoms with Crippen LogP contribution in [0.1, 0.15) is 0 Å². The van der Waals surface area contributed by atoms with Crippen molar-refractivity contribution in [3.05, 3.63) is 30.7 Å². The Morgan fingerprint density at radius 1 is 1.36 bits per heavy atom. The van der Waals surface area contributed by atoms with Crippen LogP contribution in [0.3, 0.4) is 0 Å². The fraction of sp³-hybridized carbons (Fsp3) is 0.222. The lowest BCUT2D eigenvalue weighted by Gasteiger charge is -2.18. The molecule has 1 N–H and O–H groups in total. The summed E-state index contributed by atoms with van der Waals surface area (Å²) in [6.45, 7) is -0.682. The van der Waals surface area contributed by atoms with E-state index in [4.69, 9.17) is 16.7 Å². The number of hydrogen-bond donors (Lipinski definition) is 1. The van der Waals surface area contributed by atoms with Crippen molar-refractivity contribution >= 4 is 23.5 Å². The average Bonchev–Trinajstić information content (AvgIpc) is 2.15. The highest BCUT2D eigenvalue weighted by Gasteiger charge is 2.33. The van der Waals surface area contributed by atoms with Crippen molar-refractivity contribution in [2.24, 2.45) is 0 Å². The Bertz CT molecular complexity index is 294. The maximum Gasteiger partial charge on any atom is 0.341 e. The Morgan fingerprint density at radius 2 is 1.93 bits per heavy atom. The molecule has 0 bridgehead atoms. The van der Waals surface area contributed by atoms with Gasteiger partial charge in [-0.05, 0) is 0 Å². The van der Waals surface area contributed by atoms with Gasteiger partial charge < -0.3 is 9.84 Å². The van der Waals surface area contributed by atoms with Crippen LogP contribution in [0.4, 0.5) is 0 Å². The number of esters is 1. The summed E-state index contributed by atoms with van der Waals surface area (Å²) in [5.41, 5.74) is 0. The van der Waals surface area contributed by atoms with Crippen molar-refractivity contribution in [1.82, 2.24) is 0 Å². The first-order valence-electron chi connectivity index (χ1n) is 3.83. The molecule has 75 valence electrons. The van der Waals surface area contributed by atoms with Gasteiger partial charge in [-0.3, -0.25) is 0 Å². The summed E-state index contributed by atoms with van der Waals surface area (Å²) >= 11 is 5.85. The van der Waals surface area contributed by atoms with Crippen LogP contribution in [0.15, 0.2) is 24.3 Å². The summed E-state index contributed by atoms with van der Waals surface area (Å²) in [5.74, 6) is -2.00. The molecule has 1 rings (SSSR count). The zero-order chi connectivity index (χ0) is 10.6. The van der Waals surface area contributed by atoms with Crippen molar-refractivity contribution in [1.29, 1.82) is 0 Å². The van der Waals surface area contributed by atoms with E-state index in [1.54, 1.807) is 18.6 Å². The summed E-state index contributed by atoms with van der Waals surface area (Å²) in [6, 6.07) is 0. The van der Waals surface area contributed by atoms with Crippen LogP contribution < -0.4 is 0 Å². The van der Waals surface area contributed by atoms with E-state index in [-0.39, 0.29) is 0 Å². The van der Waals surface area contributed by atoms with Crippen LogP contribution >= 0.6 is 11.6 Å². The quantitative estimate of drug-likeness (QED) is 0.562. The molecular weight excluding hydrogens is 208 g/mol. The summed E-state index contributed by atoms with van der Waals surface area (Å²) in [5, 5.41) is 8.28. The standard InChI is InChI=1S/C9H8ClO4/c10-9(4-2-1-3-5-9)8(13)14-6-7(11)12/h1-5H,6H2,(H,11,12). The van der Waals surface area contributed by atoms with Gasteiger partial charge in [-0.2, -0.15) is 0 Å². The molecule has 0 spiro atoms. The number of alkyl halides is 1. The second-order valence-electron chi connectivity index (χ2n) is 2.65. The van der Waals surface area contributed by atoms with Crippen LogP contribution in [-0.2, 0) is 14.3 Å². The van der Waals surface area contributed by atoms with Gasteiger partial charge in [0, 0.05) is 6.42 Å². The van der Waals surface area contributed by atoms with E-state index in [2.05, 4.69) is 4.74 Å². The first-order valence-corrected chi connectivity index (χ1v) is 4.21. The maximum absolute atomic E-state index is 11.3. The predicted molar refractivity (Wildman–Crippen MR) is 49.8 cm³/mol. The predicted octanol–water partition coefficient (Wildman–Crippen LogP) is 0.922. The fourth-order valence-electron chi connectivity index (χ4n) is 0.885. The summed E-state index contributed by atoms with van der Waals surface area (Å²) in [4.78, 5) is 20.0. The second-order valence-corrected chi connectivity index (χ2v) is 3.27. The molecular formula is C9H8ClO4. The molecule has 0 aromatic heterocycles. The molecule has 0 fully saturated rings. The topological polar surface area (TPSA) is 63.6 Å². The molecule has 14 heavy (non-hydrogen) atoms. The highest BCUT2D eigenvalue weighted by molar-refractivity contribution is 6.37. The van der Waals surface area contributed by atoms with Crippen molar-refractivity contribution in [3.63, 3.8) is 0 Å². The Kier molecular flexibility index (Phi) is 3.30. The van der Waals surface area contributed by atoms with E-state index in [1.807, 2.05) is 0 Å². The zero-order valence-electron chi connectivity index (χ0n) is 7.14. The van der Waals surface area contributed by atoms with Gasteiger partial charge in [0.25, 0.3) is 0 Å². The molecule has 1 radical (unpaired) electrons. The van der Waals surface area contributed by atoms with Crippen LogP contribution in [-0.4, -0.2) is 28.5 Å². The van der Waals surface area contributed by atoms with Crippen molar-refractivity contribution < 1.29 is 19.4 Å². The van der Waals surface area contributed by atoms with Gasteiger partial charge in [-0.15, -0.1) is 0 Å². The minimum Gasteiger partial charge on any atom is -0.479 e. The van der Waals surface area contributed by atoms with Crippen LogP contribution in [0.2, 0.25) is 0 Å². The number of aliphatic carboxylic acids is 1. The van der Waals surface area contributed by atoms with E-state index in [0.29, 0.717) is 0 Å². The second kappa shape index (κ2) is 4.28. The molecule has 4 nitrogen and oxygen atoms in total. The first-order chi connectivity index (χ1) is 6.54. The van der Waals surface area contributed by atoms with E-state index < -0.39 is 23.4 Å². The van der Waals surface area contributed by atoms with E-state index in [0.717, 1.165) is 0 Å². The van der Waals surface area contributed by atoms with Gasteiger partial charge in [-0.1, -0.05) is 35.9 Å². The molecule has 0 heterocycles. The minimum absolute atomic E-state index is 0.682. The van der Waals surface area contributed by atoms with Gasteiger partial charge in [-0.25, -0.2) is 9.59 Å². The molecule has 0 unspecified atom stereocenters. The SMILES string of the molecule is O=C(O)COC(=O)C1(Cl)C=C[CH]C=C1. The number of carbonyl (C=O) groups is 2. The van der Waals surface area contributed by atoms with Crippen molar-refractivity contribution in [3.8, 4) is 0 Å². The van der Waals surface area contributed by atoms with Gasteiger partial charge in [0.1, 0.15) is 0 Å². The molecule has 1 aliphatic carbocycles. The summed E-state index contributed by atoms with van der Waals surface area (Å²) < 4.78 is 4.46. The Morgan fingerprint density at radius 3 is 2.43 bits per heavy atom. The molecule has 5 heteroatoms. The van der Waals surface area contributed by atoms with Crippen LogP contribution in [0.5, 0.6) is 0 Å². The van der Waals surface area contributed by atoms with Crippen LogP contribution in [0.25, 0.3) is 0 Å². The lowest BCUT2D eigenvalue weighted by atomic mass is 10.0. The molecule has 0 atom stereocenters. The summed E-state index contributed by atoms with van der Waals surface area (Å²) in [6.07, 6.45) is 7.74. The average molecular weight is 216 g/mol. The van der Waals surface area contributed by atoms with Gasteiger partial charge in [0.2, 0.25) is 0 Å². The normalized spacial score (nSPS) is 17.8. The smallest absolute Gasteiger partial charge is 0.341 e. The molecule has 1 aliphatic rings. The lowest BCUT2D eigenvalue weighted by Crippen LogP contribution is -2.32. The zero-order valence-corrected chi connectivity index (χ0v) is 7.90. The molecule has 0 aromatic carbocycles. The van der Waals surface area contributed by atoms with Gasteiger partial charge in [0.05, 0.1) is 0 Å². The third kappa shape index (κ3) is 2.60.